The topological polar surface area (TPSA) is 103 Å². The third-order valence-electron chi connectivity index (χ3n) is 1.97. The zero-order valence-corrected chi connectivity index (χ0v) is 10.4. The fourth-order valence-electron chi connectivity index (χ4n) is 1.01. The molecule has 7 heteroatoms. The average molecular weight is 265 g/mol. The summed E-state index contributed by atoms with van der Waals surface area (Å²) in [5.74, 6) is 5.15. The number of hydrogen-bond acceptors (Lipinski definition) is 5. The van der Waals surface area contributed by atoms with Crippen molar-refractivity contribution in [2.45, 2.75) is 12.2 Å². The molecule has 1 unspecified atom stereocenters. The Labute approximate surface area is 105 Å². The first-order chi connectivity index (χ1) is 8.49. The molecule has 0 spiro atoms. The van der Waals surface area contributed by atoms with Gasteiger partial charge in [0, 0.05) is 11.8 Å². The first-order valence-electron chi connectivity index (χ1n) is 4.96. The molecule has 1 heterocycles. The second-order valence-electron chi connectivity index (χ2n) is 3.31. The summed E-state index contributed by atoms with van der Waals surface area (Å²) < 4.78 is 25.4. The van der Waals surface area contributed by atoms with Crippen molar-refractivity contribution in [2.75, 3.05) is 11.3 Å². The summed E-state index contributed by atoms with van der Waals surface area (Å²) in [6, 6.07) is 4.63. The highest BCUT2D eigenvalue weighted by Crippen LogP contribution is 2.10. The molecule has 94 valence electrons. The Balaban J connectivity index is 2.97. The number of pyridine rings is 1. The molecule has 0 aromatic carbocycles. The molecule has 0 amide bonds. The van der Waals surface area contributed by atoms with Gasteiger partial charge in [-0.25, -0.2) is 13.4 Å². The first kappa shape index (κ1) is 14.0. The molecule has 1 rings (SSSR count). The lowest BCUT2D eigenvalue weighted by molar-refractivity contribution is 0.350. The van der Waals surface area contributed by atoms with Crippen molar-refractivity contribution in [1.29, 1.82) is 5.26 Å². The minimum Gasteiger partial charge on any atom is -0.384 e. The molecule has 0 saturated heterocycles. The lowest BCUT2D eigenvalue weighted by Crippen LogP contribution is -2.24. The molecule has 0 aliphatic rings. The fourth-order valence-corrected chi connectivity index (χ4v) is 1.73. The summed E-state index contributed by atoms with van der Waals surface area (Å²) in [4.78, 5) is 3.82. The van der Waals surface area contributed by atoms with E-state index in [1.807, 2.05) is 0 Å². The molecular weight excluding hydrogens is 254 g/mol. The van der Waals surface area contributed by atoms with Crippen LogP contribution in [0.25, 0.3) is 0 Å². The van der Waals surface area contributed by atoms with E-state index < -0.39 is 15.3 Å². The van der Waals surface area contributed by atoms with E-state index in [9.17, 15) is 8.42 Å². The van der Waals surface area contributed by atoms with Gasteiger partial charge in [-0.15, -0.1) is 0 Å². The number of rotatable bonds is 3. The molecule has 6 nitrogen and oxygen atoms in total. The average Bonchev–Trinajstić information content (AvgIpc) is 2.35. The summed E-state index contributed by atoms with van der Waals surface area (Å²) in [7, 11) is -3.77. The van der Waals surface area contributed by atoms with Crippen LogP contribution in [0.15, 0.2) is 18.3 Å². The monoisotopic (exact) mass is 265 g/mol. The number of aromatic nitrogens is 1. The third kappa shape index (κ3) is 3.74. The molecule has 1 atom stereocenters. The van der Waals surface area contributed by atoms with Crippen LogP contribution >= 0.6 is 0 Å². The summed E-state index contributed by atoms with van der Waals surface area (Å²) in [6.45, 7) is 0.993. The largest absolute Gasteiger partial charge is 0.384 e. The van der Waals surface area contributed by atoms with Gasteiger partial charge >= 0.3 is 0 Å². The number of sulfonamides is 1. The van der Waals surface area contributed by atoms with Gasteiger partial charge in [-0.2, -0.15) is 5.26 Å². The molecule has 1 aromatic rings. The van der Waals surface area contributed by atoms with Crippen LogP contribution in [-0.2, 0) is 10.0 Å². The van der Waals surface area contributed by atoms with Crippen LogP contribution in [0, 0.1) is 23.2 Å². The van der Waals surface area contributed by atoms with Crippen molar-refractivity contribution >= 4 is 15.8 Å². The van der Waals surface area contributed by atoms with Crippen LogP contribution in [0.3, 0.4) is 0 Å². The van der Waals surface area contributed by atoms with Gasteiger partial charge in [0.25, 0.3) is 0 Å². The van der Waals surface area contributed by atoms with Crippen LogP contribution < -0.4 is 4.72 Å². The lowest BCUT2D eigenvalue weighted by Gasteiger charge is -2.08. The lowest BCUT2D eigenvalue weighted by atomic mass is 10.2. The first-order valence-corrected chi connectivity index (χ1v) is 6.51. The van der Waals surface area contributed by atoms with E-state index in [4.69, 9.17) is 10.4 Å². The Morgan fingerprint density at radius 3 is 2.94 bits per heavy atom. The van der Waals surface area contributed by atoms with E-state index >= 15 is 0 Å². The smallest absolute Gasteiger partial charge is 0.250 e. The predicted molar refractivity (Wildman–Crippen MR) is 65.8 cm³/mol. The zero-order valence-electron chi connectivity index (χ0n) is 9.58. The minimum absolute atomic E-state index is 0.0850. The Morgan fingerprint density at radius 1 is 1.61 bits per heavy atom. The second kappa shape index (κ2) is 6.01. The number of anilines is 1. The standard InChI is InChI=1S/C11H11N3O3S/c1-9(8-12)18(16,17)14-11-7-10(3-2-6-15)4-5-13-11/h4-5,7,9,15H,6H2,1H3,(H,13,14). The van der Waals surface area contributed by atoms with Gasteiger partial charge in [-0.3, -0.25) is 4.72 Å². The highest BCUT2D eigenvalue weighted by Gasteiger charge is 2.20. The number of nitriles is 1. The summed E-state index contributed by atoms with van der Waals surface area (Å²) in [6.07, 6.45) is 1.39. The van der Waals surface area contributed by atoms with Crippen molar-refractivity contribution < 1.29 is 13.5 Å². The van der Waals surface area contributed by atoms with E-state index in [1.165, 1.54) is 19.2 Å². The highest BCUT2D eigenvalue weighted by atomic mass is 32.2. The maximum atomic E-state index is 11.6. The van der Waals surface area contributed by atoms with Crippen LogP contribution in [0.2, 0.25) is 0 Å². The summed E-state index contributed by atoms with van der Waals surface area (Å²) >= 11 is 0. The quantitative estimate of drug-likeness (QED) is 0.753. The molecule has 0 fully saturated rings. The summed E-state index contributed by atoms with van der Waals surface area (Å²) in [5.41, 5.74) is 0.515. The molecule has 18 heavy (non-hydrogen) atoms. The number of nitrogens with zero attached hydrogens (tertiary/aromatic N) is 2. The number of nitrogens with one attached hydrogen (secondary N) is 1. The Hall–Kier alpha value is -2.09. The maximum Gasteiger partial charge on any atom is 0.250 e. The van der Waals surface area contributed by atoms with Gasteiger partial charge in [0.15, 0.2) is 5.25 Å². The van der Waals surface area contributed by atoms with Crippen molar-refractivity contribution in [2.24, 2.45) is 0 Å². The Bertz CT molecular complexity index is 623. The predicted octanol–water partition coefficient (Wildman–Crippen LogP) is 0.0792. The summed E-state index contributed by atoms with van der Waals surface area (Å²) in [5, 5.41) is 16.0. The molecule has 0 bridgehead atoms. The van der Waals surface area contributed by atoms with Gasteiger partial charge < -0.3 is 5.11 Å². The highest BCUT2D eigenvalue weighted by molar-refractivity contribution is 7.93. The molecule has 1 aromatic heterocycles. The van der Waals surface area contributed by atoms with Gasteiger partial charge in [-0.05, 0) is 19.1 Å². The molecule has 0 radical (unpaired) electrons. The molecule has 0 aliphatic carbocycles. The van der Waals surface area contributed by atoms with Gasteiger partial charge in [0.2, 0.25) is 10.0 Å². The van der Waals surface area contributed by atoms with Crippen molar-refractivity contribution in [3.05, 3.63) is 23.9 Å². The van der Waals surface area contributed by atoms with Crippen molar-refractivity contribution in [3.8, 4) is 17.9 Å². The van der Waals surface area contributed by atoms with E-state index in [1.54, 1.807) is 12.1 Å². The normalized spacial score (nSPS) is 11.8. The third-order valence-corrected chi connectivity index (χ3v) is 3.50. The Morgan fingerprint density at radius 2 is 2.33 bits per heavy atom. The van der Waals surface area contributed by atoms with E-state index in [2.05, 4.69) is 21.5 Å². The minimum atomic E-state index is -3.77. The van der Waals surface area contributed by atoms with E-state index in [-0.39, 0.29) is 12.4 Å². The number of aliphatic hydroxyl groups is 1. The molecule has 0 saturated carbocycles. The molecular formula is C11H11N3O3S. The van der Waals surface area contributed by atoms with Crippen molar-refractivity contribution in [3.63, 3.8) is 0 Å². The maximum absolute atomic E-state index is 11.6. The van der Waals surface area contributed by atoms with Crippen LogP contribution in [0.1, 0.15) is 12.5 Å². The molecule has 0 aliphatic heterocycles. The van der Waals surface area contributed by atoms with Gasteiger partial charge in [0.1, 0.15) is 12.4 Å². The SMILES string of the molecule is CC(C#N)S(=O)(=O)Nc1cc(C#CCO)ccn1. The number of hydrogen-bond donors (Lipinski definition) is 2. The zero-order chi connectivity index (χ0) is 13.6. The van der Waals surface area contributed by atoms with Gasteiger partial charge in [0.05, 0.1) is 6.07 Å². The van der Waals surface area contributed by atoms with Gasteiger partial charge in [-0.1, -0.05) is 11.8 Å². The van der Waals surface area contributed by atoms with Crippen molar-refractivity contribution in [1.82, 2.24) is 4.98 Å². The van der Waals surface area contributed by atoms with E-state index in [0.29, 0.717) is 5.56 Å². The number of aliphatic hydroxyl groups excluding tert-OH is 1. The van der Waals surface area contributed by atoms with E-state index in [0.717, 1.165) is 0 Å². The Kier molecular flexibility index (Phi) is 4.67. The fraction of sp³-hybridized carbons (Fsp3) is 0.273. The second-order valence-corrected chi connectivity index (χ2v) is 5.31. The molecule has 2 N–H and O–H groups in total. The van der Waals surface area contributed by atoms with Crippen LogP contribution in [0.4, 0.5) is 5.82 Å². The van der Waals surface area contributed by atoms with Crippen LogP contribution in [0.5, 0.6) is 0 Å². The van der Waals surface area contributed by atoms with Crippen LogP contribution in [-0.4, -0.2) is 30.4 Å².